The van der Waals surface area contributed by atoms with Crippen molar-refractivity contribution >= 4 is 15.8 Å². The molecule has 0 amide bonds. The molecule has 0 N–H and O–H groups in total. The fourth-order valence-corrected chi connectivity index (χ4v) is 4.88. The minimum Gasteiger partial charge on any atom is -0.293 e. The second-order valence-corrected chi connectivity index (χ2v) is 9.13. The van der Waals surface area contributed by atoms with Gasteiger partial charge in [0.2, 0.25) is 10.0 Å². The molecule has 27 heavy (non-hydrogen) atoms. The van der Waals surface area contributed by atoms with E-state index in [9.17, 15) is 13.2 Å². The van der Waals surface area contributed by atoms with E-state index in [1.54, 1.807) is 4.31 Å². The van der Waals surface area contributed by atoms with E-state index in [1.807, 2.05) is 67.3 Å². The molecule has 6 heteroatoms. The molecule has 1 saturated heterocycles. The Bertz CT molecular complexity index is 902. The predicted molar refractivity (Wildman–Crippen MR) is 107 cm³/mol. The highest BCUT2D eigenvalue weighted by Gasteiger charge is 2.28. The predicted octanol–water partition coefficient (Wildman–Crippen LogP) is 2.63. The largest absolute Gasteiger partial charge is 0.293 e. The zero-order valence-corrected chi connectivity index (χ0v) is 16.7. The Labute approximate surface area is 161 Å². The second-order valence-electron chi connectivity index (χ2n) is 7.16. The number of hydrogen-bond acceptors (Lipinski definition) is 4. The Morgan fingerprint density at radius 2 is 1.63 bits per heavy atom. The van der Waals surface area contributed by atoms with Gasteiger partial charge in [0.1, 0.15) is 0 Å². The fraction of sp³-hybridized carbons (Fsp3) is 0.381. The molecule has 144 valence electrons. The minimum atomic E-state index is -3.33. The average molecular weight is 387 g/mol. The van der Waals surface area contributed by atoms with Gasteiger partial charge in [-0.05, 0) is 31.0 Å². The van der Waals surface area contributed by atoms with Crippen LogP contribution >= 0.6 is 0 Å². The monoisotopic (exact) mass is 386 g/mol. The smallest absolute Gasteiger partial charge is 0.218 e. The average Bonchev–Trinajstić information content (AvgIpc) is 2.64. The van der Waals surface area contributed by atoms with Crippen LogP contribution in [0.25, 0.3) is 0 Å². The molecule has 0 unspecified atom stereocenters. The molecule has 2 aromatic rings. The molecule has 0 aliphatic carbocycles. The Hall–Kier alpha value is -2.02. The molecule has 0 spiro atoms. The van der Waals surface area contributed by atoms with Gasteiger partial charge in [0, 0.05) is 31.7 Å². The van der Waals surface area contributed by atoms with Crippen LogP contribution in [0.5, 0.6) is 0 Å². The first-order valence-corrected chi connectivity index (χ1v) is 10.8. The lowest BCUT2D eigenvalue weighted by Crippen LogP contribution is -2.50. The van der Waals surface area contributed by atoms with E-state index in [-0.39, 0.29) is 11.5 Å². The van der Waals surface area contributed by atoms with Gasteiger partial charge in [0.25, 0.3) is 0 Å². The first kappa shape index (κ1) is 19.7. The van der Waals surface area contributed by atoms with Crippen LogP contribution in [-0.4, -0.2) is 56.1 Å². The highest BCUT2D eigenvalue weighted by Crippen LogP contribution is 2.16. The summed E-state index contributed by atoms with van der Waals surface area (Å²) in [6.45, 7) is 6.25. The molecule has 0 aromatic heterocycles. The van der Waals surface area contributed by atoms with Crippen molar-refractivity contribution in [3.63, 3.8) is 0 Å². The van der Waals surface area contributed by atoms with E-state index in [0.29, 0.717) is 32.7 Å². The summed E-state index contributed by atoms with van der Waals surface area (Å²) in [5.74, 6) is 0.117. The molecule has 5 nitrogen and oxygen atoms in total. The molecular weight excluding hydrogens is 360 g/mol. The van der Waals surface area contributed by atoms with Gasteiger partial charge in [0.15, 0.2) is 5.78 Å². The molecule has 1 aliphatic rings. The van der Waals surface area contributed by atoms with Gasteiger partial charge < -0.3 is 0 Å². The van der Waals surface area contributed by atoms with Crippen LogP contribution in [0.15, 0.2) is 48.5 Å². The number of rotatable bonds is 6. The van der Waals surface area contributed by atoms with Crippen LogP contribution in [0.3, 0.4) is 0 Å². The van der Waals surface area contributed by atoms with E-state index in [1.165, 1.54) is 0 Å². The lowest BCUT2D eigenvalue weighted by Gasteiger charge is -2.33. The van der Waals surface area contributed by atoms with Crippen molar-refractivity contribution in [2.24, 2.45) is 0 Å². The number of hydrogen-bond donors (Lipinski definition) is 0. The van der Waals surface area contributed by atoms with E-state index >= 15 is 0 Å². The number of nitrogens with zero attached hydrogens (tertiary/aromatic N) is 2. The summed E-state index contributed by atoms with van der Waals surface area (Å²) in [5.41, 5.74) is 3.61. The standard InChI is InChI=1S/C21H26N2O3S/c1-17-8-9-18(2)20(14-17)21(24)15-22-10-12-23(13-11-22)27(25,26)16-19-6-4-3-5-7-19/h3-9,14H,10-13,15-16H2,1-2H3. The first-order chi connectivity index (χ1) is 12.8. The molecular formula is C21H26N2O3S. The van der Waals surface area contributed by atoms with Crippen LogP contribution in [0.2, 0.25) is 0 Å². The van der Waals surface area contributed by atoms with Crippen molar-refractivity contribution in [2.75, 3.05) is 32.7 Å². The van der Waals surface area contributed by atoms with E-state index in [2.05, 4.69) is 0 Å². The van der Waals surface area contributed by atoms with Crippen molar-refractivity contribution < 1.29 is 13.2 Å². The summed E-state index contributed by atoms with van der Waals surface area (Å²) in [7, 11) is -3.33. The topological polar surface area (TPSA) is 57.7 Å². The molecule has 3 rings (SSSR count). The summed E-state index contributed by atoms with van der Waals surface area (Å²) in [5, 5.41) is 0. The lowest BCUT2D eigenvalue weighted by atomic mass is 10.0. The molecule has 2 aromatic carbocycles. The highest BCUT2D eigenvalue weighted by molar-refractivity contribution is 7.88. The van der Waals surface area contributed by atoms with Crippen molar-refractivity contribution in [3.8, 4) is 0 Å². The number of ketones is 1. The number of sulfonamides is 1. The zero-order chi connectivity index (χ0) is 19.4. The molecule has 1 heterocycles. The third-order valence-corrected chi connectivity index (χ3v) is 6.83. The zero-order valence-electron chi connectivity index (χ0n) is 15.9. The Balaban J connectivity index is 1.57. The maximum absolute atomic E-state index is 12.6. The summed E-state index contributed by atoms with van der Waals surface area (Å²) in [6.07, 6.45) is 0. The minimum absolute atomic E-state index is 0.0231. The van der Waals surface area contributed by atoms with Crippen LogP contribution in [0.1, 0.15) is 27.0 Å². The van der Waals surface area contributed by atoms with Gasteiger partial charge >= 0.3 is 0 Å². The maximum Gasteiger partial charge on any atom is 0.218 e. The Morgan fingerprint density at radius 1 is 0.963 bits per heavy atom. The molecule has 0 saturated carbocycles. The van der Waals surface area contributed by atoms with Gasteiger partial charge in [-0.1, -0.05) is 48.0 Å². The normalized spacial score (nSPS) is 16.4. The lowest BCUT2D eigenvalue weighted by molar-refractivity contribution is 0.0901. The SMILES string of the molecule is Cc1ccc(C)c(C(=O)CN2CCN(S(=O)(=O)Cc3ccccc3)CC2)c1. The van der Waals surface area contributed by atoms with Crippen LogP contribution in [-0.2, 0) is 15.8 Å². The third kappa shape index (κ3) is 5.03. The molecule has 1 aliphatic heterocycles. The van der Waals surface area contributed by atoms with Gasteiger partial charge in [0.05, 0.1) is 12.3 Å². The van der Waals surface area contributed by atoms with Gasteiger partial charge in [-0.3, -0.25) is 9.69 Å². The van der Waals surface area contributed by atoms with Gasteiger partial charge in [-0.15, -0.1) is 0 Å². The number of carbonyl (C=O) groups excluding carboxylic acids is 1. The summed E-state index contributed by atoms with van der Waals surface area (Å²) in [4.78, 5) is 14.7. The van der Waals surface area contributed by atoms with Crippen molar-refractivity contribution in [1.82, 2.24) is 9.21 Å². The molecule has 0 bridgehead atoms. The number of piperazine rings is 1. The number of carbonyl (C=O) groups is 1. The van der Waals surface area contributed by atoms with E-state index < -0.39 is 10.0 Å². The quantitative estimate of drug-likeness (QED) is 0.716. The first-order valence-electron chi connectivity index (χ1n) is 9.20. The van der Waals surface area contributed by atoms with Crippen molar-refractivity contribution in [3.05, 3.63) is 70.8 Å². The fourth-order valence-electron chi connectivity index (χ4n) is 3.37. The summed E-state index contributed by atoms with van der Waals surface area (Å²) >= 11 is 0. The van der Waals surface area contributed by atoms with Crippen LogP contribution in [0.4, 0.5) is 0 Å². The molecule has 1 fully saturated rings. The van der Waals surface area contributed by atoms with Gasteiger partial charge in [-0.2, -0.15) is 4.31 Å². The van der Waals surface area contributed by atoms with Crippen LogP contribution in [0, 0.1) is 13.8 Å². The Kier molecular flexibility index (Phi) is 6.09. The molecule has 0 atom stereocenters. The Morgan fingerprint density at radius 3 is 2.30 bits per heavy atom. The summed E-state index contributed by atoms with van der Waals surface area (Å²) < 4.78 is 26.8. The third-order valence-electron chi connectivity index (χ3n) is 4.98. The number of benzene rings is 2. The van der Waals surface area contributed by atoms with E-state index in [0.717, 1.165) is 22.3 Å². The number of aryl methyl sites for hydroxylation is 2. The highest BCUT2D eigenvalue weighted by atomic mass is 32.2. The van der Waals surface area contributed by atoms with Crippen molar-refractivity contribution in [1.29, 1.82) is 0 Å². The van der Waals surface area contributed by atoms with Gasteiger partial charge in [-0.25, -0.2) is 8.42 Å². The molecule has 0 radical (unpaired) electrons. The number of Topliss-reactive ketones (excluding diaryl/α,β-unsaturated/α-hetero) is 1. The van der Waals surface area contributed by atoms with E-state index in [4.69, 9.17) is 0 Å². The summed E-state index contributed by atoms with van der Waals surface area (Å²) in [6, 6.07) is 15.1. The van der Waals surface area contributed by atoms with Crippen molar-refractivity contribution in [2.45, 2.75) is 19.6 Å². The maximum atomic E-state index is 12.6. The second kappa shape index (κ2) is 8.33. The van der Waals surface area contributed by atoms with Crippen LogP contribution < -0.4 is 0 Å².